The summed E-state index contributed by atoms with van der Waals surface area (Å²) in [5.74, 6) is 1.27. The Morgan fingerprint density at radius 3 is 1.33 bits per heavy atom. The van der Waals surface area contributed by atoms with Crippen LogP contribution in [0.5, 0.6) is 0 Å². The average Bonchev–Trinajstić information content (AvgIpc) is 3.03. The van der Waals surface area contributed by atoms with Gasteiger partial charge in [-0.1, -0.05) is 75.6 Å². The van der Waals surface area contributed by atoms with Crippen LogP contribution in [0.2, 0.25) is 0 Å². The predicted molar refractivity (Wildman–Crippen MR) is 80.6 cm³/mol. The fourth-order valence-electron chi connectivity index (χ4n) is 2.63. The van der Waals surface area contributed by atoms with E-state index in [1.54, 1.807) is 0 Å². The van der Waals surface area contributed by atoms with Crippen LogP contribution in [0.1, 0.15) is 34.1 Å². The zero-order chi connectivity index (χ0) is 12.7. The molecule has 0 aromatic heterocycles. The van der Waals surface area contributed by atoms with Gasteiger partial charge in [0.2, 0.25) is 0 Å². The number of benzene rings is 2. The van der Waals surface area contributed by atoms with Gasteiger partial charge in [-0.3, -0.25) is 0 Å². The molecular weight excluding hydrogens is 284 g/mol. The molecule has 2 unspecified atom stereocenters. The van der Waals surface area contributed by atoms with Crippen LogP contribution in [-0.2, 0) is 0 Å². The van der Waals surface area contributed by atoms with Gasteiger partial charge in [0.1, 0.15) is 0 Å². The molecule has 2 atom stereocenters. The summed E-state index contributed by atoms with van der Waals surface area (Å²) in [6, 6.07) is 17.9. The van der Waals surface area contributed by atoms with Crippen LogP contribution in [0.4, 0.5) is 0 Å². The minimum atomic E-state index is 0.586. The summed E-state index contributed by atoms with van der Waals surface area (Å²) < 4.78 is 0. The van der Waals surface area contributed by atoms with Crippen molar-refractivity contribution in [2.24, 2.45) is 0 Å². The molecule has 0 heterocycles. The van der Waals surface area contributed by atoms with Gasteiger partial charge >= 0.3 is 0 Å². The highest BCUT2D eigenvalue weighted by atomic mass is 79.9. The van der Waals surface area contributed by atoms with E-state index >= 15 is 0 Å². The SMILES string of the molecule is Cc1ccc(C2C(Br)C2c2ccc(C)cc2)cc1. The van der Waals surface area contributed by atoms with Gasteiger partial charge in [0.25, 0.3) is 0 Å². The molecule has 0 amide bonds. The van der Waals surface area contributed by atoms with Gasteiger partial charge in [-0.15, -0.1) is 0 Å². The normalized spacial score (nSPS) is 26.1. The minimum Gasteiger partial charge on any atom is -0.0877 e. The lowest BCUT2D eigenvalue weighted by molar-refractivity contribution is 1.02. The highest BCUT2D eigenvalue weighted by Crippen LogP contribution is 2.59. The summed E-state index contributed by atoms with van der Waals surface area (Å²) in [5, 5.41) is 0. The van der Waals surface area contributed by atoms with Crippen LogP contribution < -0.4 is 0 Å². The first-order chi connectivity index (χ1) is 8.66. The molecule has 0 aliphatic heterocycles. The smallest absolute Gasteiger partial charge is 0.0295 e. The van der Waals surface area contributed by atoms with Gasteiger partial charge in [-0.2, -0.15) is 0 Å². The monoisotopic (exact) mass is 300 g/mol. The fourth-order valence-corrected chi connectivity index (χ4v) is 3.73. The standard InChI is InChI=1S/C17H17Br/c1-11-3-7-13(8-4-11)15-16(17(15)18)14-9-5-12(2)6-10-14/h3-10,15-17H,1-2H3. The summed E-state index contributed by atoms with van der Waals surface area (Å²) in [6.07, 6.45) is 0. The topological polar surface area (TPSA) is 0 Å². The summed E-state index contributed by atoms with van der Waals surface area (Å²) in [4.78, 5) is 0.586. The van der Waals surface area contributed by atoms with E-state index in [1.165, 1.54) is 22.3 Å². The van der Waals surface area contributed by atoms with Crippen molar-refractivity contribution in [1.82, 2.24) is 0 Å². The van der Waals surface area contributed by atoms with Crippen molar-refractivity contribution in [3.05, 3.63) is 70.8 Å². The number of rotatable bonds is 2. The Balaban J connectivity index is 1.84. The molecule has 2 aromatic rings. The molecule has 18 heavy (non-hydrogen) atoms. The van der Waals surface area contributed by atoms with Gasteiger partial charge in [-0.05, 0) is 25.0 Å². The number of hydrogen-bond acceptors (Lipinski definition) is 0. The molecule has 1 aliphatic rings. The first-order valence-corrected chi connectivity index (χ1v) is 7.35. The van der Waals surface area contributed by atoms with Crippen molar-refractivity contribution >= 4 is 15.9 Å². The highest BCUT2D eigenvalue weighted by Gasteiger charge is 2.49. The van der Waals surface area contributed by atoms with Gasteiger partial charge in [0, 0.05) is 16.7 Å². The number of aryl methyl sites for hydroxylation is 2. The van der Waals surface area contributed by atoms with Crippen molar-refractivity contribution in [3.63, 3.8) is 0 Å². The molecular formula is C17H17Br. The molecule has 1 heteroatoms. The van der Waals surface area contributed by atoms with Gasteiger partial charge in [-0.25, -0.2) is 0 Å². The van der Waals surface area contributed by atoms with Crippen molar-refractivity contribution in [2.45, 2.75) is 30.5 Å². The molecule has 1 saturated carbocycles. The van der Waals surface area contributed by atoms with Crippen molar-refractivity contribution in [3.8, 4) is 0 Å². The number of alkyl halides is 1. The van der Waals surface area contributed by atoms with Crippen LogP contribution in [0.3, 0.4) is 0 Å². The Hall–Kier alpha value is -1.08. The van der Waals surface area contributed by atoms with Crippen LogP contribution in [0.25, 0.3) is 0 Å². The first kappa shape index (κ1) is 12.0. The Bertz CT molecular complexity index is 487. The zero-order valence-corrected chi connectivity index (χ0v) is 12.3. The van der Waals surface area contributed by atoms with E-state index in [0.29, 0.717) is 16.7 Å². The van der Waals surface area contributed by atoms with Crippen molar-refractivity contribution in [1.29, 1.82) is 0 Å². The molecule has 3 rings (SSSR count). The van der Waals surface area contributed by atoms with Gasteiger partial charge < -0.3 is 0 Å². The maximum Gasteiger partial charge on any atom is 0.0295 e. The second-order valence-corrected chi connectivity index (χ2v) is 6.37. The molecule has 0 saturated heterocycles. The van der Waals surface area contributed by atoms with Crippen LogP contribution in [-0.4, -0.2) is 4.83 Å². The Labute approximate surface area is 117 Å². The lowest BCUT2D eigenvalue weighted by Gasteiger charge is -2.02. The molecule has 2 aromatic carbocycles. The van der Waals surface area contributed by atoms with E-state index in [4.69, 9.17) is 0 Å². The van der Waals surface area contributed by atoms with E-state index in [1.807, 2.05) is 0 Å². The maximum atomic E-state index is 3.83. The molecule has 0 N–H and O–H groups in total. The Morgan fingerprint density at radius 2 is 1.00 bits per heavy atom. The third kappa shape index (κ3) is 2.12. The molecule has 0 bridgehead atoms. The van der Waals surface area contributed by atoms with Crippen molar-refractivity contribution in [2.75, 3.05) is 0 Å². The third-order valence-corrected chi connectivity index (χ3v) is 5.00. The maximum absolute atomic E-state index is 3.83. The van der Waals surface area contributed by atoms with E-state index in [-0.39, 0.29) is 0 Å². The average molecular weight is 301 g/mol. The second-order valence-electron chi connectivity index (χ2n) is 5.32. The van der Waals surface area contributed by atoms with E-state index in [2.05, 4.69) is 78.3 Å². The first-order valence-electron chi connectivity index (χ1n) is 6.44. The summed E-state index contributed by atoms with van der Waals surface area (Å²) in [6.45, 7) is 4.28. The quantitative estimate of drug-likeness (QED) is 0.689. The second kappa shape index (κ2) is 4.55. The molecule has 0 radical (unpaired) electrons. The largest absolute Gasteiger partial charge is 0.0877 e. The van der Waals surface area contributed by atoms with Crippen molar-refractivity contribution < 1.29 is 0 Å². The van der Waals surface area contributed by atoms with E-state index < -0.39 is 0 Å². The highest BCUT2D eigenvalue weighted by molar-refractivity contribution is 9.09. The summed E-state index contributed by atoms with van der Waals surface area (Å²) in [5.41, 5.74) is 5.57. The summed E-state index contributed by atoms with van der Waals surface area (Å²) in [7, 11) is 0. The molecule has 1 fully saturated rings. The lowest BCUT2D eigenvalue weighted by Crippen LogP contribution is -1.85. The predicted octanol–water partition coefficient (Wildman–Crippen LogP) is 4.95. The van der Waals surface area contributed by atoms with E-state index in [0.717, 1.165) is 0 Å². The third-order valence-electron chi connectivity index (χ3n) is 3.86. The Kier molecular flexibility index (Phi) is 3.03. The minimum absolute atomic E-state index is 0.586. The van der Waals surface area contributed by atoms with Gasteiger partial charge in [0.05, 0.1) is 0 Å². The lowest BCUT2D eigenvalue weighted by atomic mass is 10.0. The Morgan fingerprint density at radius 1 is 0.667 bits per heavy atom. The molecule has 1 aliphatic carbocycles. The fraction of sp³-hybridized carbons (Fsp3) is 0.294. The van der Waals surface area contributed by atoms with Crippen LogP contribution in [0.15, 0.2) is 48.5 Å². The van der Waals surface area contributed by atoms with Gasteiger partial charge in [0.15, 0.2) is 0 Å². The van der Waals surface area contributed by atoms with E-state index in [9.17, 15) is 0 Å². The number of halogens is 1. The zero-order valence-electron chi connectivity index (χ0n) is 10.7. The van der Waals surface area contributed by atoms with Crippen LogP contribution in [0, 0.1) is 13.8 Å². The summed E-state index contributed by atoms with van der Waals surface area (Å²) >= 11 is 3.83. The van der Waals surface area contributed by atoms with Crippen LogP contribution >= 0.6 is 15.9 Å². The molecule has 0 spiro atoms. The number of hydrogen-bond donors (Lipinski definition) is 0. The molecule has 92 valence electrons. The molecule has 0 nitrogen and oxygen atoms in total.